The Labute approximate surface area is 218 Å². The van der Waals surface area contributed by atoms with Crippen LogP contribution >= 0.6 is 11.6 Å². The standard InChI is InChI=1S/C28H25ClF3N3O2/c29-25-10-6-22(7-11-25)26(37-19-20-4-8-24(9-5-20)28(30,31)32)18-34-12-14-35(15-13-34)27(36)23-3-1-2-21(16-23)17-33/h1-11,16,26H,12-15,18-19H2/t26-/m0/s1. The third kappa shape index (κ3) is 7.10. The molecular weight excluding hydrogens is 503 g/mol. The maximum absolute atomic E-state index is 12.9. The number of alkyl halides is 3. The van der Waals surface area contributed by atoms with E-state index in [0.29, 0.717) is 54.4 Å². The minimum Gasteiger partial charge on any atom is -0.368 e. The summed E-state index contributed by atoms with van der Waals surface area (Å²) in [6, 6.07) is 21.0. The van der Waals surface area contributed by atoms with Crippen molar-refractivity contribution in [1.29, 1.82) is 5.26 Å². The van der Waals surface area contributed by atoms with Gasteiger partial charge in [-0.25, -0.2) is 0 Å². The van der Waals surface area contributed by atoms with Crippen LogP contribution in [0.5, 0.6) is 0 Å². The van der Waals surface area contributed by atoms with Crippen LogP contribution in [0.2, 0.25) is 5.02 Å². The SMILES string of the molecule is N#Cc1cccc(C(=O)N2CCN(C[C@H](OCc3ccc(C(F)(F)F)cc3)c3ccc(Cl)cc3)CC2)c1. The van der Waals surface area contributed by atoms with E-state index in [-0.39, 0.29) is 18.6 Å². The highest BCUT2D eigenvalue weighted by Gasteiger charge is 2.30. The van der Waals surface area contributed by atoms with Gasteiger partial charge in [0.2, 0.25) is 0 Å². The molecule has 0 N–H and O–H groups in total. The van der Waals surface area contributed by atoms with Gasteiger partial charge in [0.05, 0.1) is 29.9 Å². The first-order valence-electron chi connectivity index (χ1n) is 11.8. The lowest BCUT2D eigenvalue weighted by Gasteiger charge is -2.36. The monoisotopic (exact) mass is 527 g/mol. The number of carbonyl (C=O) groups excluding carboxylic acids is 1. The fourth-order valence-electron chi connectivity index (χ4n) is 4.19. The first-order valence-corrected chi connectivity index (χ1v) is 12.2. The summed E-state index contributed by atoms with van der Waals surface area (Å²) in [5.74, 6) is -0.107. The van der Waals surface area contributed by atoms with Crippen LogP contribution in [-0.4, -0.2) is 48.4 Å². The summed E-state index contributed by atoms with van der Waals surface area (Å²) < 4.78 is 44.8. The van der Waals surface area contributed by atoms with E-state index in [1.165, 1.54) is 12.1 Å². The highest BCUT2D eigenvalue weighted by atomic mass is 35.5. The number of amides is 1. The molecule has 1 amide bonds. The van der Waals surface area contributed by atoms with Gasteiger partial charge in [-0.15, -0.1) is 0 Å². The Bertz CT molecular complexity index is 1250. The first-order chi connectivity index (χ1) is 17.7. The minimum atomic E-state index is -4.38. The summed E-state index contributed by atoms with van der Waals surface area (Å²) in [7, 11) is 0. The number of piperazine rings is 1. The molecule has 1 atom stereocenters. The predicted octanol–water partition coefficient (Wildman–Crippen LogP) is 5.95. The van der Waals surface area contributed by atoms with Crippen molar-refractivity contribution < 1.29 is 22.7 Å². The number of carbonyl (C=O) groups is 1. The summed E-state index contributed by atoms with van der Waals surface area (Å²) in [4.78, 5) is 16.9. The van der Waals surface area contributed by atoms with Gasteiger partial charge in [0.1, 0.15) is 0 Å². The highest BCUT2D eigenvalue weighted by molar-refractivity contribution is 6.30. The third-order valence-electron chi connectivity index (χ3n) is 6.30. The lowest BCUT2D eigenvalue weighted by Crippen LogP contribution is -2.49. The molecular formula is C28H25ClF3N3O2. The van der Waals surface area contributed by atoms with E-state index in [1.54, 1.807) is 41.3 Å². The van der Waals surface area contributed by atoms with Crippen molar-refractivity contribution in [3.05, 3.63) is 106 Å². The van der Waals surface area contributed by atoms with Gasteiger partial charge < -0.3 is 9.64 Å². The average Bonchev–Trinajstić information content (AvgIpc) is 2.91. The van der Waals surface area contributed by atoms with Crippen LogP contribution in [-0.2, 0) is 17.5 Å². The Morgan fingerprint density at radius 1 is 1.00 bits per heavy atom. The normalized spacial score (nSPS) is 15.3. The highest BCUT2D eigenvalue weighted by Crippen LogP contribution is 2.30. The molecule has 5 nitrogen and oxygen atoms in total. The molecule has 1 aliphatic heterocycles. The predicted molar refractivity (Wildman–Crippen MR) is 134 cm³/mol. The molecule has 0 saturated carbocycles. The second-order valence-electron chi connectivity index (χ2n) is 8.83. The van der Waals surface area contributed by atoms with Crippen LogP contribution in [0.3, 0.4) is 0 Å². The molecule has 0 spiro atoms. The Morgan fingerprint density at radius 3 is 2.30 bits per heavy atom. The molecule has 1 fully saturated rings. The molecule has 3 aromatic carbocycles. The van der Waals surface area contributed by atoms with Crippen LogP contribution in [0.1, 0.15) is 38.7 Å². The van der Waals surface area contributed by atoms with Crippen molar-refractivity contribution in [2.45, 2.75) is 18.9 Å². The summed E-state index contributed by atoms with van der Waals surface area (Å²) >= 11 is 6.05. The van der Waals surface area contributed by atoms with Gasteiger partial charge in [0.15, 0.2) is 0 Å². The van der Waals surface area contributed by atoms with E-state index in [0.717, 1.165) is 17.7 Å². The van der Waals surface area contributed by atoms with E-state index in [1.807, 2.05) is 12.1 Å². The van der Waals surface area contributed by atoms with Gasteiger partial charge in [-0.1, -0.05) is 41.9 Å². The molecule has 37 heavy (non-hydrogen) atoms. The van der Waals surface area contributed by atoms with E-state index in [9.17, 15) is 18.0 Å². The van der Waals surface area contributed by atoms with Crippen LogP contribution < -0.4 is 0 Å². The second-order valence-corrected chi connectivity index (χ2v) is 9.27. The van der Waals surface area contributed by atoms with Crippen molar-refractivity contribution >= 4 is 17.5 Å². The molecule has 0 aliphatic carbocycles. The molecule has 3 aromatic rings. The summed E-state index contributed by atoms with van der Waals surface area (Å²) in [6.45, 7) is 3.03. The maximum Gasteiger partial charge on any atom is 0.416 e. The Morgan fingerprint density at radius 2 is 1.68 bits per heavy atom. The zero-order valence-electron chi connectivity index (χ0n) is 19.9. The maximum atomic E-state index is 12.9. The van der Waals surface area contributed by atoms with Gasteiger partial charge in [0, 0.05) is 43.3 Å². The van der Waals surface area contributed by atoms with Crippen LogP contribution in [0.25, 0.3) is 0 Å². The zero-order chi connectivity index (χ0) is 26.4. The molecule has 0 unspecified atom stereocenters. The van der Waals surface area contributed by atoms with Crippen LogP contribution in [0, 0.1) is 11.3 Å². The first kappa shape index (κ1) is 26.7. The fraction of sp³-hybridized carbons (Fsp3) is 0.286. The van der Waals surface area contributed by atoms with Crippen LogP contribution in [0.4, 0.5) is 13.2 Å². The summed E-state index contributed by atoms with van der Waals surface area (Å²) in [5.41, 5.74) is 1.79. The van der Waals surface area contributed by atoms with Gasteiger partial charge in [0.25, 0.3) is 5.91 Å². The van der Waals surface area contributed by atoms with Crippen molar-refractivity contribution in [2.24, 2.45) is 0 Å². The largest absolute Gasteiger partial charge is 0.416 e. The Kier molecular flexibility index (Phi) is 8.49. The summed E-state index contributed by atoms with van der Waals surface area (Å²) in [5, 5.41) is 9.69. The molecule has 0 aromatic heterocycles. The zero-order valence-corrected chi connectivity index (χ0v) is 20.7. The molecule has 1 saturated heterocycles. The molecule has 9 heteroatoms. The Balaban J connectivity index is 1.39. The van der Waals surface area contributed by atoms with Crippen molar-refractivity contribution in [3.8, 4) is 6.07 Å². The van der Waals surface area contributed by atoms with Gasteiger partial charge in [-0.2, -0.15) is 18.4 Å². The van der Waals surface area contributed by atoms with E-state index >= 15 is 0 Å². The lowest BCUT2D eigenvalue weighted by atomic mass is 10.1. The molecule has 0 bridgehead atoms. The van der Waals surface area contributed by atoms with Gasteiger partial charge in [-0.3, -0.25) is 9.69 Å². The lowest BCUT2D eigenvalue weighted by molar-refractivity contribution is -0.137. The Hall–Kier alpha value is -3.38. The number of benzene rings is 3. The number of nitrogens with zero attached hydrogens (tertiary/aromatic N) is 3. The number of ether oxygens (including phenoxy) is 1. The van der Waals surface area contributed by atoms with Crippen molar-refractivity contribution in [1.82, 2.24) is 9.80 Å². The van der Waals surface area contributed by atoms with Crippen LogP contribution in [0.15, 0.2) is 72.8 Å². The van der Waals surface area contributed by atoms with E-state index in [2.05, 4.69) is 11.0 Å². The number of nitriles is 1. The van der Waals surface area contributed by atoms with E-state index < -0.39 is 11.7 Å². The molecule has 192 valence electrons. The molecule has 0 radical (unpaired) electrons. The third-order valence-corrected chi connectivity index (χ3v) is 6.55. The second kappa shape index (κ2) is 11.8. The number of halogens is 4. The van der Waals surface area contributed by atoms with Gasteiger partial charge >= 0.3 is 6.18 Å². The molecule has 4 rings (SSSR count). The van der Waals surface area contributed by atoms with Gasteiger partial charge in [-0.05, 0) is 53.6 Å². The number of hydrogen-bond acceptors (Lipinski definition) is 4. The topological polar surface area (TPSA) is 56.6 Å². The van der Waals surface area contributed by atoms with Crippen molar-refractivity contribution in [2.75, 3.05) is 32.7 Å². The smallest absolute Gasteiger partial charge is 0.368 e. The molecule has 1 aliphatic rings. The van der Waals surface area contributed by atoms with E-state index in [4.69, 9.17) is 21.6 Å². The quantitative estimate of drug-likeness (QED) is 0.381. The number of rotatable bonds is 7. The minimum absolute atomic E-state index is 0.107. The fourth-order valence-corrected chi connectivity index (χ4v) is 4.32. The number of hydrogen-bond donors (Lipinski definition) is 0. The van der Waals surface area contributed by atoms with Crippen molar-refractivity contribution in [3.63, 3.8) is 0 Å². The summed E-state index contributed by atoms with van der Waals surface area (Å²) in [6.07, 6.45) is -4.72. The average molecular weight is 528 g/mol. The molecule has 1 heterocycles.